The highest BCUT2D eigenvalue weighted by Crippen LogP contribution is 2.20. The summed E-state index contributed by atoms with van der Waals surface area (Å²) in [5, 5.41) is 4.12. The summed E-state index contributed by atoms with van der Waals surface area (Å²) < 4.78 is 20.5. The molecular formula is C18H21N5O6. The molecular weight excluding hydrogens is 382 g/mol. The summed E-state index contributed by atoms with van der Waals surface area (Å²) in [7, 11) is 5.62. The number of aromatic nitrogens is 4. The van der Waals surface area contributed by atoms with Gasteiger partial charge < -0.3 is 24.7 Å². The van der Waals surface area contributed by atoms with Gasteiger partial charge >= 0.3 is 11.9 Å². The van der Waals surface area contributed by atoms with Crippen molar-refractivity contribution in [1.29, 1.82) is 0 Å². The lowest BCUT2D eigenvalue weighted by molar-refractivity contribution is 0.0583. The number of hydrogen-bond donors (Lipinski definition) is 1. The Morgan fingerprint density at radius 2 is 1.52 bits per heavy atom. The third kappa shape index (κ3) is 4.69. The molecule has 0 aliphatic rings. The van der Waals surface area contributed by atoms with Crippen molar-refractivity contribution in [1.82, 2.24) is 19.6 Å². The number of esters is 2. The van der Waals surface area contributed by atoms with Gasteiger partial charge in [0.2, 0.25) is 0 Å². The number of carbonyl (C=O) groups is 2. The first kappa shape index (κ1) is 21.4. The monoisotopic (exact) mass is 403 g/mol. The fraction of sp³-hybridized carbons (Fsp3) is 0.278. The van der Waals surface area contributed by atoms with E-state index in [1.54, 1.807) is 25.1 Å². The Bertz CT molecular complexity index is 1030. The summed E-state index contributed by atoms with van der Waals surface area (Å²) in [6.45, 7) is 1.74. The molecule has 154 valence electrons. The minimum Gasteiger partial charge on any atom is -0.493 e. The molecule has 3 aromatic rings. The minimum atomic E-state index is -0.519. The van der Waals surface area contributed by atoms with Gasteiger partial charge in [0.05, 0.1) is 28.4 Å². The van der Waals surface area contributed by atoms with E-state index in [1.165, 1.54) is 39.0 Å². The van der Waals surface area contributed by atoms with E-state index in [9.17, 15) is 9.59 Å². The quantitative estimate of drug-likeness (QED) is 0.634. The van der Waals surface area contributed by atoms with Crippen LogP contribution in [0.1, 0.15) is 26.8 Å². The van der Waals surface area contributed by atoms with Crippen molar-refractivity contribution in [3.05, 3.63) is 41.5 Å². The van der Waals surface area contributed by atoms with E-state index in [0.29, 0.717) is 28.7 Å². The van der Waals surface area contributed by atoms with Crippen molar-refractivity contribution in [3.63, 3.8) is 0 Å². The number of nitrogen functional groups attached to an aromatic ring is 1. The van der Waals surface area contributed by atoms with Gasteiger partial charge in [-0.15, -0.1) is 0 Å². The first-order valence-electron chi connectivity index (χ1n) is 8.23. The number of rotatable bonds is 4. The SMILES string of the molecule is COC(=O)c1ccc(OC)c(N)n1.COC(=O)c1ccc(OC)c2nc(C)nn12. The molecule has 0 aliphatic heterocycles. The van der Waals surface area contributed by atoms with Crippen LogP contribution < -0.4 is 15.2 Å². The molecule has 0 aliphatic carbocycles. The van der Waals surface area contributed by atoms with E-state index in [0.717, 1.165) is 0 Å². The third-order valence-electron chi connectivity index (χ3n) is 3.67. The second-order valence-corrected chi connectivity index (χ2v) is 5.45. The number of fused-ring (bicyclic) bond motifs is 1. The molecule has 0 bridgehead atoms. The Hall–Kier alpha value is -3.89. The smallest absolute Gasteiger partial charge is 0.356 e. The van der Waals surface area contributed by atoms with Crippen molar-refractivity contribution < 1.29 is 28.5 Å². The van der Waals surface area contributed by atoms with Crippen LogP contribution in [0.3, 0.4) is 0 Å². The van der Waals surface area contributed by atoms with E-state index >= 15 is 0 Å². The first-order valence-corrected chi connectivity index (χ1v) is 8.23. The van der Waals surface area contributed by atoms with Gasteiger partial charge in [-0.05, 0) is 31.2 Å². The summed E-state index contributed by atoms with van der Waals surface area (Å²) in [6, 6.07) is 6.30. The highest BCUT2D eigenvalue weighted by molar-refractivity contribution is 5.88. The van der Waals surface area contributed by atoms with Crippen LogP contribution in [0, 0.1) is 6.92 Å². The van der Waals surface area contributed by atoms with Crippen LogP contribution in [0.5, 0.6) is 11.5 Å². The van der Waals surface area contributed by atoms with Crippen LogP contribution in [0.4, 0.5) is 5.82 Å². The molecule has 0 saturated heterocycles. The number of anilines is 1. The number of aryl methyl sites for hydroxylation is 1. The van der Waals surface area contributed by atoms with Crippen LogP contribution in [0.15, 0.2) is 24.3 Å². The van der Waals surface area contributed by atoms with Gasteiger partial charge in [0, 0.05) is 0 Å². The molecule has 0 atom stereocenters. The Morgan fingerprint density at radius 1 is 0.897 bits per heavy atom. The van der Waals surface area contributed by atoms with Crippen LogP contribution in [-0.4, -0.2) is 60.0 Å². The van der Waals surface area contributed by atoms with Gasteiger partial charge in [-0.2, -0.15) is 5.10 Å². The second-order valence-electron chi connectivity index (χ2n) is 5.45. The van der Waals surface area contributed by atoms with Crippen LogP contribution >= 0.6 is 0 Å². The molecule has 0 spiro atoms. The van der Waals surface area contributed by atoms with Gasteiger partial charge in [0.15, 0.2) is 34.4 Å². The molecule has 2 N–H and O–H groups in total. The number of pyridine rings is 2. The van der Waals surface area contributed by atoms with Gasteiger partial charge in [0.1, 0.15) is 5.82 Å². The lowest BCUT2D eigenvalue weighted by Gasteiger charge is -2.04. The topological polar surface area (TPSA) is 140 Å². The Kier molecular flexibility index (Phi) is 6.90. The number of carbonyl (C=O) groups excluding carboxylic acids is 2. The molecule has 0 unspecified atom stereocenters. The number of nitrogens with two attached hydrogens (primary N) is 1. The largest absolute Gasteiger partial charge is 0.493 e. The van der Waals surface area contributed by atoms with Crippen molar-refractivity contribution in [3.8, 4) is 11.5 Å². The lowest BCUT2D eigenvalue weighted by Crippen LogP contribution is -2.09. The zero-order valence-electron chi connectivity index (χ0n) is 16.6. The Balaban J connectivity index is 0.000000212. The molecule has 0 aromatic carbocycles. The van der Waals surface area contributed by atoms with E-state index in [2.05, 4.69) is 24.5 Å². The number of hydrogen-bond acceptors (Lipinski definition) is 10. The maximum absolute atomic E-state index is 11.5. The summed E-state index contributed by atoms with van der Waals surface area (Å²) in [4.78, 5) is 30.4. The van der Waals surface area contributed by atoms with Crippen molar-refractivity contribution in [2.24, 2.45) is 0 Å². The molecule has 3 aromatic heterocycles. The van der Waals surface area contributed by atoms with E-state index in [1.807, 2.05) is 0 Å². The molecule has 0 amide bonds. The maximum Gasteiger partial charge on any atom is 0.356 e. The highest BCUT2D eigenvalue weighted by Gasteiger charge is 2.16. The molecule has 11 heteroatoms. The third-order valence-corrected chi connectivity index (χ3v) is 3.67. The van der Waals surface area contributed by atoms with Crippen LogP contribution in [-0.2, 0) is 9.47 Å². The van der Waals surface area contributed by atoms with Crippen molar-refractivity contribution in [2.75, 3.05) is 34.2 Å². The molecule has 0 saturated carbocycles. The van der Waals surface area contributed by atoms with Crippen LogP contribution in [0.2, 0.25) is 0 Å². The zero-order valence-corrected chi connectivity index (χ0v) is 16.6. The number of methoxy groups -OCH3 is 4. The van der Waals surface area contributed by atoms with Gasteiger partial charge in [-0.25, -0.2) is 24.1 Å². The average Bonchev–Trinajstić information content (AvgIpc) is 3.13. The van der Waals surface area contributed by atoms with Gasteiger partial charge in [-0.3, -0.25) is 0 Å². The molecule has 11 nitrogen and oxygen atoms in total. The predicted molar refractivity (Wildman–Crippen MR) is 102 cm³/mol. The molecule has 3 heterocycles. The fourth-order valence-electron chi connectivity index (χ4n) is 2.31. The fourth-order valence-corrected chi connectivity index (χ4v) is 2.31. The summed E-state index contributed by atoms with van der Waals surface area (Å²) >= 11 is 0. The highest BCUT2D eigenvalue weighted by atomic mass is 16.5. The van der Waals surface area contributed by atoms with E-state index in [-0.39, 0.29) is 11.5 Å². The number of ether oxygens (including phenoxy) is 4. The molecule has 3 rings (SSSR count). The molecule has 0 fully saturated rings. The lowest BCUT2D eigenvalue weighted by atomic mass is 10.3. The zero-order chi connectivity index (χ0) is 21.6. The van der Waals surface area contributed by atoms with Crippen molar-refractivity contribution >= 4 is 23.4 Å². The first-order chi connectivity index (χ1) is 13.9. The van der Waals surface area contributed by atoms with Crippen LogP contribution in [0.25, 0.3) is 5.65 Å². The van der Waals surface area contributed by atoms with Gasteiger partial charge in [-0.1, -0.05) is 0 Å². The van der Waals surface area contributed by atoms with E-state index < -0.39 is 11.9 Å². The van der Waals surface area contributed by atoms with Gasteiger partial charge in [0.25, 0.3) is 0 Å². The Labute approximate surface area is 166 Å². The predicted octanol–water partition coefficient (Wildman–Crippen LogP) is 1.29. The summed E-state index contributed by atoms with van der Waals surface area (Å²) in [5.41, 5.74) is 6.47. The van der Waals surface area contributed by atoms with E-state index in [4.69, 9.17) is 15.2 Å². The second kappa shape index (κ2) is 9.35. The average molecular weight is 403 g/mol. The summed E-state index contributed by atoms with van der Waals surface area (Å²) in [5.74, 6) is 0.757. The number of nitrogens with zero attached hydrogens (tertiary/aromatic N) is 4. The Morgan fingerprint density at radius 3 is 2.07 bits per heavy atom. The van der Waals surface area contributed by atoms with Crippen molar-refractivity contribution in [2.45, 2.75) is 6.92 Å². The summed E-state index contributed by atoms with van der Waals surface area (Å²) in [6.07, 6.45) is 0. The normalized spacial score (nSPS) is 9.97. The maximum atomic E-state index is 11.5. The molecule has 29 heavy (non-hydrogen) atoms. The minimum absolute atomic E-state index is 0.167. The molecule has 0 radical (unpaired) electrons. The standard InChI is InChI=1S/C10H11N3O3.C8H10N2O3/c1-6-11-9-8(15-2)5-4-7(10(14)16-3)13(9)12-6;1-12-6-4-3-5(8(11)13-2)10-7(6)9/h4-5H,1-3H3;3-4H,1-2H3,(H2,9,10).